The molecule has 3 heterocycles. The average molecular weight is 490 g/mol. The fraction of sp³-hybridized carbons (Fsp3) is 0.240. The van der Waals surface area contributed by atoms with Gasteiger partial charge in [0.05, 0.1) is 38.9 Å². The number of ether oxygens (including phenoxy) is 3. The van der Waals surface area contributed by atoms with Crippen LogP contribution in [0.1, 0.15) is 29.2 Å². The van der Waals surface area contributed by atoms with Crippen LogP contribution < -0.4 is 19.5 Å². The van der Waals surface area contributed by atoms with Gasteiger partial charge in [-0.1, -0.05) is 0 Å². The number of hydrogen-bond acceptors (Lipinski definition) is 8. The number of rotatable bonds is 6. The molecule has 4 aromatic rings. The lowest BCUT2D eigenvalue weighted by Crippen LogP contribution is -2.25. The number of fused-ring (bicyclic) bond motifs is 1. The van der Waals surface area contributed by atoms with E-state index in [0.717, 1.165) is 11.1 Å². The van der Waals surface area contributed by atoms with Crippen LogP contribution >= 0.6 is 0 Å². The Balaban J connectivity index is 1.63. The lowest BCUT2D eigenvalue weighted by atomic mass is 9.85. The highest BCUT2D eigenvalue weighted by Gasteiger charge is 2.35. The van der Waals surface area contributed by atoms with Crippen molar-refractivity contribution in [1.82, 2.24) is 25.0 Å². The minimum atomic E-state index is -0.370. The molecule has 10 nitrogen and oxygen atoms in total. The van der Waals surface area contributed by atoms with Crippen molar-refractivity contribution < 1.29 is 23.4 Å². The molecule has 1 aliphatic rings. The Hall–Kier alpha value is -4.54. The summed E-state index contributed by atoms with van der Waals surface area (Å²) in [6, 6.07) is 9.45. The fourth-order valence-electron chi connectivity index (χ4n) is 4.43. The van der Waals surface area contributed by atoms with E-state index in [4.69, 9.17) is 14.2 Å². The van der Waals surface area contributed by atoms with Crippen molar-refractivity contribution in [1.29, 1.82) is 0 Å². The Kier molecular flexibility index (Phi) is 5.96. The Bertz CT molecular complexity index is 1450. The quantitative estimate of drug-likeness (QED) is 0.436. The van der Waals surface area contributed by atoms with Crippen LogP contribution in [0.2, 0.25) is 0 Å². The maximum absolute atomic E-state index is 13.4. The van der Waals surface area contributed by atoms with Crippen LogP contribution in [0, 0.1) is 12.7 Å². The Morgan fingerprint density at radius 1 is 1.03 bits per heavy atom. The number of halogens is 1. The topological polar surface area (TPSA) is 113 Å². The molecule has 1 N–H and O–H groups in total. The highest BCUT2D eigenvalue weighted by atomic mass is 19.1. The molecule has 0 saturated heterocycles. The Morgan fingerprint density at radius 3 is 2.42 bits per heavy atom. The van der Waals surface area contributed by atoms with Gasteiger partial charge in [-0.3, -0.25) is 4.79 Å². The number of benzene rings is 2. The van der Waals surface area contributed by atoms with Gasteiger partial charge >= 0.3 is 0 Å². The molecule has 2 aromatic heterocycles. The molecule has 0 spiro atoms. The van der Waals surface area contributed by atoms with E-state index in [1.54, 1.807) is 39.5 Å². The molecule has 2 aromatic carbocycles. The average Bonchev–Trinajstić information content (AvgIpc) is 3.23. The number of aryl methyl sites for hydroxylation is 1. The predicted molar refractivity (Wildman–Crippen MR) is 128 cm³/mol. The Labute approximate surface area is 206 Å². The van der Waals surface area contributed by atoms with E-state index in [2.05, 4.69) is 25.6 Å². The maximum atomic E-state index is 13.4. The highest BCUT2D eigenvalue weighted by molar-refractivity contribution is 5.95. The summed E-state index contributed by atoms with van der Waals surface area (Å²) < 4.78 is 31.4. The van der Waals surface area contributed by atoms with Crippen molar-refractivity contribution >= 4 is 11.7 Å². The smallest absolute Gasteiger partial charge is 0.272 e. The highest BCUT2D eigenvalue weighted by Crippen LogP contribution is 2.46. The van der Waals surface area contributed by atoms with E-state index < -0.39 is 0 Å². The SMILES string of the molecule is COc1cc(OC)c([C@H]2CC(=O)Nc3c2c(C)nn3-c2nncc(-c3ccc(F)cc3)n2)cc1OC. The number of anilines is 1. The summed E-state index contributed by atoms with van der Waals surface area (Å²) in [5, 5.41) is 15.7. The van der Waals surface area contributed by atoms with Gasteiger partial charge in [0.2, 0.25) is 5.91 Å². The number of carbonyl (C=O) groups excluding carboxylic acids is 1. The van der Waals surface area contributed by atoms with Crippen molar-refractivity contribution in [2.75, 3.05) is 26.6 Å². The van der Waals surface area contributed by atoms with Gasteiger partial charge in [0.25, 0.3) is 5.95 Å². The largest absolute Gasteiger partial charge is 0.496 e. The zero-order chi connectivity index (χ0) is 25.4. The van der Waals surface area contributed by atoms with Crippen LogP contribution in [-0.4, -0.2) is 52.2 Å². The number of hydrogen-bond donors (Lipinski definition) is 1. The van der Waals surface area contributed by atoms with Crippen molar-refractivity contribution in [2.45, 2.75) is 19.3 Å². The van der Waals surface area contributed by atoms with E-state index in [1.165, 1.54) is 23.0 Å². The molecule has 5 rings (SSSR count). The normalized spacial score (nSPS) is 14.7. The molecule has 11 heteroatoms. The second kappa shape index (κ2) is 9.25. The number of nitrogens with one attached hydrogen (secondary N) is 1. The van der Waals surface area contributed by atoms with E-state index in [0.29, 0.717) is 40.0 Å². The van der Waals surface area contributed by atoms with Gasteiger partial charge in [-0.25, -0.2) is 9.37 Å². The fourth-order valence-corrected chi connectivity index (χ4v) is 4.43. The monoisotopic (exact) mass is 490 g/mol. The van der Waals surface area contributed by atoms with Crippen LogP contribution in [0.15, 0.2) is 42.6 Å². The standard InChI is InChI=1S/C25H23FN6O4/c1-13-23-17(16-9-20(35-3)21(36-4)11-19(16)34-2)10-22(33)29-24(23)32(31-13)25-28-18(12-27-30-25)14-5-7-15(26)8-6-14/h5-9,11-12,17H,10H2,1-4H3,(H,29,33)/t17-/m1/s1. The van der Waals surface area contributed by atoms with E-state index in [9.17, 15) is 9.18 Å². The van der Waals surface area contributed by atoms with Crippen molar-refractivity contribution in [2.24, 2.45) is 0 Å². The predicted octanol–water partition coefficient (Wildman–Crippen LogP) is 3.67. The molecule has 0 radical (unpaired) electrons. The van der Waals surface area contributed by atoms with E-state index in [-0.39, 0.29) is 30.0 Å². The second-order valence-electron chi connectivity index (χ2n) is 8.16. The number of carbonyl (C=O) groups is 1. The lowest BCUT2D eigenvalue weighted by molar-refractivity contribution is -0.116. The summed E-state index contributed by atoms with van der Waals surface area (Å²) in [5.74, 6) is 1.29. The third-order valence-corrected chi connectivity index (χ3v) is 6.09. The molecule has 1 aliphatic heterocycles. The van der Waals surface area contributed by atoms with E-state index >= 15 is 0 Å². The summed E-state index contributed by atoms with van der Waals surface area (Å²) in [6.45, 7) is 1.85. The van der Waals surface area contributed by atoms with Crippen LogP contribution in [0.4, 0.5) is 10.2 Å². The first kappa shape index (κ1) is 23.2. The minimum Gasteiger partial charge on any atom is -0.496 e. The number of aromatic nitrogens is 5. The molecule has 0 bridgehead atoms. The molecule has 1 amide bonds. The zero-order valence-electron chi connectivity index (χ0n) is 20.1. The molecule has 1 atom stereocenters. The first-order chi connectivity index (χ1) is 17.4. The van der Waals surface area contributed by atoms with Gasteiger partial charge in [-0.2, -0.15) is 14.9 Å². The first-order valence-corrected chi connectivity index (χ1v) is 11.1. The first-order valence-electron chi connectivity index (χ1n) is 11.1. The second-order valence-corrected chi connectivity index (χ2v) is 8.16. The van der Waals surface area contributed by atoms with Crippen LogP contribution in [-0.2, 0) is 4.79 Å². The van der Waals surface area contributed by atoms with E-state index in [1.807, 2.05) is 13.0 Å². The van der Waals surface area contributed by atoms with Gasteiger partial charge < -0.3 is 19.5 Å². The summed E-state index contributed by atoms with van der Waals surface area (Å²) in [6.07, 6.45) is 1.66. The third-order valence-electron chi connectivity index (χ3n) is 6.09. The van der Waals surface area contributed by atoms with Gasteiger partial charge in [0, 0.05) is 35.1 Å². The zero-order valence-corrected chi connectivity index (χ0v) is 20.1. The van der Waals surface area contributed by atoms with Crippen molar-refractivity contribution in [3.8, 4) is 34.5 Å². The molecule has 0 unspecified atom stereocenters. The summed E-state index contributed by atoms with van der Waals surface area (Å²) in [7, 11) is 4.66. The summed E-state index contributed by atoms with van der Waals surface area (Å²) >= 11 is 0. The molecule has 0 fully saturated rings. The Morgan fingerprint density at radius 2 is 1.72 bits per heavy atom. The molecule has 184 valence electrons. The maximum Gasteiger partial charge on any atom is 0.272 e. The van der Waals surface area contributed by atoms with Gasteiger partial charge in [0.15, 0.2) is 11.5 Å². The van der Waals surface area contributed by atoms with Crippen molar-refractivity contribution in [3.63, 3.8) is 0 Å². The molecular formula is C25H23FN6O4. The lowest BCUT2D eigenvalue weighted by Gasteiger charge is -2.26. The molecular weight excluding hydrogens is 467 g/mol. The van der Waals surface area contributed by atoms with Crippen molar-refractivity contribution in [3.05, 3.63) is 65.2 Å². The van der Waals surface area contributed by atoms with Gasteiger partial charge in [-0.05, 0) is 37.3 Å². The number of amides is 1. The molecule has 36 heavy (non-hydrogen) atoms. The van der Waals surface area contributed by atoms with Gasteiger partial charge in [0.1, 0.15) is 17.4 Å². The summed E-state index contributed by atoms with van der Waals surface area (Å²) in [5.41, 5.74) is 3.40. The van der Waals surface area contributed by atoms with Crippen LogP contribution in [0.5, 0.6) is 17.2 Å². The van der Waals surface area contributed by atoms with Crippen LogP contribution in [0.25, 0.3) is 17.2 Å². The summed E-state index contributed by atoms with van der Waals surface area (Å²) in [4.78, 5) is 17.4. The van der Waals surface area contributed by atoms with Crippen LogP contribution in [0.3, 0.4) is 0 Å². The number of nitrogens with zero attached hydrogens (tertiary/aromatic N) is 5. The minimum absolute atomic E-state index is 0.168. The number of methoxy groups -OCH3 is 3. The van der Waals surface area contributed by atoms with Gasteiger partial charge in [-0.15, -0.1) is 5.10 Å². The molecule has 0 saturated carbocycles. The molecule has 0 aliphatic carbocycles. The third kappa shape index (κ3) is 3.98.